The van der Waals surface area contributed by atoms with E-state index in [0.29, 0.717) is 12.5 Å². The van der Waals surface area contributed by atoms with E-state index in [0.717, 1.165) is 17.9 Å². The fourth-order valence-corrected chi connectivity index (χ4v) is 2.05. The second-order valence-corrected chi connectivity index (χ2v) is 4.92. The van der Waals surface area contributed by atoms with Crippen molar-refractivity contribution < 1.29 is 9.52 Å². The predicted molar refractivity (Wildman–Crippen MR) is 63.1 cm³/mol. The number of hydrogen-bond donors (Lipinski definition) is 2. The van der Waals surface area contributed by atoms with Gasteiger partial charge in [0.15, 0.2) is 0 Å². The van der Waals surface area contributed by atoms with Crippen molar-refractivity contribution in [2.24, 2.45) is 5.92 Å². The monoisotopic (exact) mass is 223 g/mol. The molecule has 0 spiro atoms. The number of aliphatic hydroxyl groups excluding tert-OH is 1. The first-order valence-corrected chi connectivity index (χ1v) is 6.11. The average Bonchev–Trinajstić information content (AvgIpc) is 3.06. The van der Waals surface area contributed by atoms with Crippen molar-refractivity contribution >= 4 is 0 Å². The fraction of sp³-hybridized carbons (Fsp3) is 0.692. The molecule has 1 saturated carbocycles. The second kappa shape index (κ2) is 4.60. The van der Waals surface area contributed by atoms with Crippen LogP contribution in [-0.4, -0.2) is 17.3 Å². The van der Waals surface area contributed by atoms with Crippen molar-refractivity contribution in [2.75, 3.05) is 6.61 Å². The van der Waals surface area contributed by atoms with Gasteiger partial charge in [0.05, 0.1) is 13.2 Å². The van der Waals surface area contributed by atoms with Crippen molar-refractivity contribution in [3.63, 3.8) is 0 Å². The number of nitrogens with one attached hydrogen (secondary N) is 1. The molecule has 1 atom stereocenters. The molecule has 1 aliphatic carbocycles. The molecule has 1 unspecified atom stereocenters. The first-order chi connectivity index (χ1) is 7.68. The molecule has 1 heterocycles. The van der Waals surface area contributed by atoms with Crippen molar-refractivity contribution in [3.05, 3.63) is 23.7 Å². The van der Waals surface area contributed by atoms with E-state index in [1.54, 1.807) is 0 Å². The Labute approximate surface area is 96.8 Å². The SMILES string of the molecule is CCc1ccc(CNC(C)(CO)C2CC2)o1. The molecule has 3 nitrogen and oxygen atoms in total. The summed E-state index contributed by atoms with van der Waals surface area (Å²) in [6.07, 6.45) is 3.38. The molecule has 3 heteroatoms. The van der Waals surface area contributed by atoms with E-state index in [9.17, 15) is 5.11 Å². The first kappa shape index (κ1) is 11.7. The zero-order valence-electron chi connectivity index (χ0n) is 10.1. The number of furan rings is 1. The number of rotatable bonds is 6. The molecule has 90 valence electrons. The second-order valence-electron chi connectivity index (χ2n) is 4.92. The maximum atomic E-state index is 9.43. The van der Waals surface area contributed by atoms with Gasteiger partial charge in [0.1, 0.15) is 11.5 Å². The molecular formula is C13H21NO2. The van der Waals surface area contributed by atoms with Gasteiger partial charge in [0.2, 0.25) is 0 Å². The summed E-state index contributed by atoms with van der Waals surface area (Å²) in [6, 6.07) is 4.03. The Hall–Kier alpha value is -0.800. The van der Waals surface area contributed by atoms with Gasteiger partial charge in [-0.25, -0.2) is 0 Å². The highest BCUT2D eigenvalue weighted by molar-refractivity contribution is 5.08. The van der Waals surface area contributed by atoms with Crippen LogP contribution in [0.3, 0.4) is 0 Å². The van der Waals surface area contributed by atoms with Gasteiger partial charge in [-0.1, -0.05) is 6.92 Å². The Balaban J connectivity index is 1.90. The molecule has 1 aromatic heterocycles. The van der Waals surface area contributed by atoms with Crippen LogP contribution in [0, 0.1) is 5.92 Å². The van der Waals surface area contributed by atoms with Crippen LogP contribution in [-0.2, 0) is 13.0 Å². The molecule has 0 saturated heterocycles. The number of aliphatic hydroxyl groups is 1. The Morgan fingerprint density at radius 3 is 2.62 bits per heavy atom. The summed E-state index contributed by atoms with van der Waals surface area (Å²) in [5.41, 5.74) is -0.140. The predicted octanol–water partition coefficient (Wildman–Crippen LogP) is 2.09. The van der Waals surface area contributed by atoms with Crippen molar-refractivity contribution in [1.29, 1.82) is 0 Å². The van der Waals surface area contributed by atoms with Gasteiger partial charge >= 0.3 is 0 Å². The highest BCUT2D eigenvalue weighted by Gasteiger charge is 2.40. The minimum absolute atomic E-state index is 0.140. The molecule has 1 fully saturated rings. The van der Waals surface area contributed by atoms with Crippen LogP contribution >= 0.6 is 0 Å². The normalized spacial score (nSPS) is 19.7. The third-order valence-electron chi connectivity index (χ3n) is 3.54. The van der Waals surface area contributed by atoms with E-state index >= 15 is 0 Å². The molecule has 2 rings (SSSR count). The van der Waals surface area contributed by atoms with E-state index in [2.05, 4.69) is 19.2 Å². The van der Waals surface area contributed by atoms with E-state index < -0.39 is 0 Å². The maximum Gasteiger partial charge on any atom is 0.117 e. The molecule has 0 amide bonds. The standard InChI is InChI=1S/C13H21NO2/c1-3-11-6-7-12(16-11)8-14-13(2,9-15)10-4-5-10/h6-7,10,14-15H,3-5,8-9H2,1-2H3. The maximum absolute atomic E-state index is 9.43. The van der Waals surface area contributed by atoms with Crippen molar-refractivity contribution in [3.8, 4) is 0 Å². The summed E-state index contributed by atoms with van der Waals surface area (Å²) in [5, 5.41) is 12.8. The summed E-state index contributed by atoms with van der Waals surface area (Å²) >= 11 is 0. The summed E-state index contributed by atoms with van der Waals surface area (Å²) in [5.74, 6) is 2.60. The van der Waals surface area contributed by atoms with E-state index in [1.165, 1.54) is 12.8 Å². The van der Waals surface area contributed by atoms with Crippen LogP contribution < -0.4 is 5.32 Å². The zero-order valence-corrected chi connectivity index (χ0v) is 10.1. The van der Waals surface area contributed by atoms with Crippen LogP contribution in [0.25, 0.3) is 0 Å². The molecule has 2 N–H and O–H groups in total. The van der Waals surface area contributed by atoms with Gasteiger partial charge in [-0.15, -0.1) is 0 Å². The fourth-order valence-electron chi connectivity index (χ4n) is 2.05. The van der Waals surface area contributed by atoms with E-state index in [4.69, 9.17) is 4.42 Å². The first-order valence-electron chi connectivity index (χ1n) is 6.11. The lowest BCUT2D eigenvalue weighted by Crippen LogP contribution is -2.47. The van der Waals surface area contributed by atoms with Gasteiger partial charge in [-0.3, -0.25) is 0 Å². The van der Waals surface area contributed by atoms with Crippen LogP contribution in [0.5, 0.6) is 0 Å². The van der Waals surface area contributed by atoms with Gasteiger partial charge in [-0.05, 0) is 37.8 Å². The smallest absolute Gasteiger partial charge is 0.117 e. The Morgan fingerprint density at radius 2 is 2.12 bits per heavy atom. The van der Waals surface area contributed by atoms with E-state index in [-0.39, 0.29) is 12.1 Å². The summed E-state index contributed by atoms with van der Waals surface area (Å²) in [6.45, 7) is 5.07. The molecule has 16 heavy (non-hydrogen) atoms. The Bertz CT molecular complexity index is 343. The third kappa shape index (κ3) is 2.47. The molecule has 0 radical (unpaired) electrons. The topological polar surface area (TPSA) is 45.4 Å². The highest BCUT2D eigenvalue weighted by Crippen LogP contribution is 2.39. The van der Waals surface area contributed by atoms with E-state index in [1.807, 2.05) is 12.1 Å². The van der Waals surface area contributed by atoms with Crippen LogP contribution in [0.4, 0.5) is 0 Å². The lowest BCUT2D eigenvalue weighted by atomic mass is 9.97. The largest absolute Gasteiger partial charge is 0.465 e. The van der Waals surface area contributed by atoms with Crippen LogP contribution in [0.1, 0.15) is 38.2 Å². The number of hydrogen-bond acceptors (Lipinski definition) is 3. The molecule has 1 aliphatic rings. The summed E-state index contributed by atoms with van der Waals surface area (Å²) in [4.78, 5) is 0. The highest BCUT2D eigenvalue weighted by atomic mass is 16.3. The van der Waals surface area contributed by atoms with Crippen LogP contribution in [0.2, 0.25) is 0 Å². The Kier molecular flexibility index (Phi) is 3.36. The van der Waals surface area contributed by atoms with Crippen LogP contribution in [0.15, 0.2) is 16.5 Å². The average molecular weight is 223 g/mol. The van der Waals surface area contributed by atoms with Gasteiger partial charge in [-0.2, -0.15) is 0 Å². The molecule has 0 aromatic carbocycles. The lowest BCUT2D eigenvalue weighted by molar-refractivity contribution is 0.151. The minimum Gasteiger partial charge on any atom is -0.465 e. The van der Waals surface area contributed by atoms with Gasteiger partial charge < -0.3 is 14.8 Å². The van der Waals surface area contributed by atoms with Gasteiger partial charge in [0, 0.05) is 12.0 Å². The molecule has 1 aromatic rings. The summed E-state index contributed by atoms with van der Waals surface area (Å²) < 4.78 is 5.63. The molecule has 0 bridgehead atoms. The zero-order chi connectivity index (χ0) is 11.6. The minimum atomic E-state index is -0.140. The summed E-state index contributed by atoms with van der Waals surface area (Å²) in [7, 11) is 0. The number of aryl methyl sites for hydroxylation is 1. The molecular weight excluding hydrogens is 202 g/mol. The van der Waals surface area contributed by atoms with Gasteiger partial charge in [0.25, 0.3) is 0 Å². The third-order valence-corrected chi connectivity index (χ3v) is 3.54. The van der Waals surface area contributed by atoms with Crippen molar-refractivity contribution in [2.45, 2.75) is 45.2 Å². The molecule has 0 aliphatic heterocycles. The Morgan fingerprint density at radius 1 is 1.44 bits per heavy atom. The van der Waals surface area contributed by atoms with Crippen molar-refractivity contribution in [1.82, 2.24) is 5.32 Å². The lowest BCUT2D eigenvalue weighted by Gasteiger charge is -2.28. The quantitative estimate of drug-likeness (QED) is 0.776.